The van der Waals surface area contributed by atoms with Gasteiger partial charge in [0.05, 0.1) is 68.1 Å². The molecular weight excluding hydrogens is 1160 g/mol. The number of fused-ring (bicyclic) bond motifs is 2. The van der Waals surface area contributed by atoms with Crippen molar-refractivity contribution >= 4 is 47.6 Å². The second-order valence-corrected chi connectivity index (χ2v) is 25.6. The fraction of sp³-hybridized carbons (Fsp3) is 0.594. The van der Waals surface area contributed by atoms with Gasteiger partial charge in [-0.1, -0.05) is 60.7 Å². The second-order valence-electron chi connectivity index (χ2n) is 25.2. The first-order valence-corrected chi connectivity index (χ1v) is 31.2. The summed E-state index contributed by atoms with van der Waals surface area (Å²) in [5.41, 5.74) is 3.87. The lowest BCUT2D eigenvalue weighted by atomic mass is 10.0. The molecule has 6 aliphatic rings. The Balaban J connectivity index is 0.000000206. The number of carbonyl (C=O) groups excluding carboxylic acids is 4. The summed E-state index contributed by atoms with van der Waals surface area (Å²) in [7, 11) is 4.16. The zero-order valence-electron chi connectivity index (χ0n) is 52.8. The minimum Gasteiger partial charge on any atom is -0.462 e. The first-order valence-electron chi connectivity index (χ1n) is 30.8. The summed E-state index contributed by atoms with van der Waals surface area (Å²) in [6.45, 7) is 18.4. The summed E-state index contributed by atoms with van der Waals surface area (Å²) in [5, 5.41) is 27.8. The quantitative estimate of drug-likeness (QED) is 0.103. The Morgan fingerprint density at radius 1 is 0.584 bits per heavy atom. The molecule has 0 bridgehead atoms. The number of likely N-dealkylation sites (tertiary alicyclic amines) is 2. The van der Waals surface area contributed by atoms with Gasteiger partial charge in [0, 0.05) is 75.6 Å². The van der Waals surface area contributed by atoms with Crippen LogP contribution in [-0.2, 0) is 58.1 Å². The molecule has 8 heterocycles. The number of likely N-dealkylation sites (N-methyl/N-ethyl adjacent to an activating group) is 2. The molecular formula is C64H87ClN14O10. The maximum Gasteiger partial charge on any atom is 0.410 e. The number of anilines is 2. The molecule has 0 radical (unpaired) electrons. The van der Waals surface area contributed by atoms with Gasteiger partial charge < -0.3 is 68.0 Å². The number of ether oxygens (including phenoxy) is 5. The van der Waals surface area contributed by atoms with Crippen LogP contribution in [0.5, 0.6) is 6.01 Å². The van der Waals surface area contributed by atoms with Crippen LogP contribution in [0.1, 0.15) is 114 Å². The summed E-state index contributed by atoms with van der Waals surface area (Å²) in [6, 6.07) is 23.7. The van der Waals surface area contributed by atoms with E-state index < -0.39 is 29.5 Å². The van der Waals surface area contributed by atoms with E-state index in [1.54, 1.807) is 19.6 Å². The van der Waals surface area contributed by atoms with Crippen molar-refractivity contribution < 1.29 is 48.0 Å². The Morgan fingerprint density at radius 2 is 1.03 bits per heavy atom. The Labute approximate surface area is 528 Å². The van der Waals surface area contributed by atoms with Gasteiger partial charge in [-0.05, 0) is 130 Å². The molecule has 4 saturated heterocycles. The molecule has 25 heteroatoms. The number of nitriles is 2. The van der Waals surface area contributed by atoms with Gasteiger partial charge in [0.25, 0.3) is 0 Å². The van der Waals surface area contributed by atoms with E-state index >= 15 is 0 Å². The van der Waals surface area contributed by atoms with Gasteiger partial charge in [0.15, 0.2) is 0 Å². The van der Waals surface area contributed by atoms with Gasteiger partial charge >= 0.3 is 30.4 Å². The largest absolute Gasteiger partial charge is 0.462 e. The van der Waals surface area contributed by atoms with Crippen LogP contribution in [0.15, 0.2) is 60.7 Å². The SMILES string of the molecule is CC(C)(C)OC(=O)N1CCc2c(nc(Cl)nc2N2CCN(C(=O)OCc3ccccc3)C(CC#N)C2)C1.CN1CCC[C@H]1CO.CN1CCC[C@H]1COc1nc2c(c(N3CCN(C(=O)OCc4ccccc4)C(CC#N)C3)n1)CCN(C(=O)OC(C)(C)C)C2. The minimum atomic E-state index is -0.604. The minimum absolute atomic E-state index is 0.0846. The zero-order chi connectivity index (χ0) is 63.8. The fourth-order valence-corrected chi connectivity index (χ4v) is 11.8. The average molecular weight is 1250 g/mol. The van der Waals surface area contributed by atoms with Crippen LogP contribution in [0.25, 0.3) is 0 Å². The van der Waals surface area contributed by atoms with Gasteiger partial charge in [0.2, 0.25) is 5.28 Å². The van der Waals surface area contributed by atoms with E-state index in [0.29, 0.717) is 102 Å². The summed E-state index contributed by atoms with van der Waals surface area (Å²) in [5.74, 6) is 1.41. The third-order valence-electron chi connectivity index (χ3n) is 16.4. The topological polar surface area (TPSA) is 260 Å². The number of halogens is 1. The smallest absolute Gasteiger partial charge is 0.410 e. The number of aromatic nitrogens is 4. The summed E-state index contributed by atoms with van der Waals surface area (Å²) >= 11 is 6.29. The van der Waals surface area contributed by atoms with Gasteiger partial charge in [-0.15, -0.1) is 0 Å². The Bertz CT molecular complexity index is 3120. The molecule has 1 N–H and O–H groups in total. The van der Waals surface area contributed by atoms with Crippen LogP contribution in [0.4, 0.5) is 30.8 Å². The molecule has 2 aromatic heterocycles. The van der Waals surface area contributed by atoms with E-state index in [9.17, 15) is 29.7 Å². The fourth-order valence-electron chi connectivity index (χ4n) is 11.6. The molecule has 0 spiro atoms. The lowest BCUT2D eigenvalue weighted by molar-refractivity contribution is 0.0210. The molecule has 89 heavy (non-hydrogen) atoms. The van der Waals surface area contributed by atoms with Crippen molar-refractivity contribution in [3.63, 3.8) is 0 Å². The second kappa shape index (κ2) is 31.1. The van der Waals surface area contributed by atoms with Gasteiger partial charge in [-0.2, -0.15) is 20.5 Å². The van der Waals surface area contributed by atoms with Crippen LogP contribution >= 0.6 is 11.6 Å². The van der Waals surface area contributed by atoms with Crippen LogP contribution in [0.2, 0.25) is 5.28 Å². The summed E-state index contributed by atoms with van der Waals surface area (Å²) in [4.78, 5) is 85.2. The lowest BCUT2D eigenvalue weighted by Crippen LogP contribution is -2.56. The first-order chi connectivity index (χ1) is 42.6. The van der Waals surface area contributed by atoms with E-state index in [2.05, 4.69) is 50.9 Å². The van der Waals surface area contributed by atoms with Crippen LogP contribution in [-0.4, -0.2) is 207 Å². The van der Waals surface area contributed by atoms with Crippen LogP contribution < -0.4 is 14.5 Å². The molecule has 0 aliphatic carbocycles. The molecule has 480 valence electrons. The first kappa shape index (κ1) is 67.2. The monoisotopic (exact) mass is 1250 g/mol. The molecule has 10 rings (SSSR count). The number of hydrogen-bond acceptors (Lipinski definition) is 20. The third-order valence-corrected chi connectivity index (χ3v) is 16.6. The number of carbonyl (C=O) groups is 4. The zero-order valence-corrected chi connectivity index (χ0v) is 53.6. The predicted molar refractivity (Wildman–Crippen MR) is 333 cm³/mol. The number of aliphatic hydroxyl groups is 1. The number of rotatable bonds is 12. The number of hydrogen-bond donors (Lipinski definition) is 1. The van der Waals surface area contributed by atoms with E-state index in [1.807, 2.05) is 107 Å². The van der Waals surface area contributed by atoms with Crippen molar-refractivity contribution in [2.45, 2.75) is 155 Å². The molecule has 4 fully saturated rings. The Kier molecular flexibility index (Phi) is 23.5. The Morgan fingerprint density at radius 3 is 1.45 bits per heavy atom. The van der Waals surface area contributed by atoms with Crippen molar-refractivity contribution in [1.29, 1.82) is 10.5 Å². The number of aliphatic hydroxyl groups excluding tert-OH is 1. The molecule has 2 unspecified atom stereocenters. The average Bonchev–Trinajstić information content (AvgIpc) is 1.33. The highest BCUT2D eigenvalue weighted by Crippen LogP contribution is 2.34. The highest BCUT2D eigenvalue weighted by Gasteiger charge is 2.38. The standard InChI is InChI=1S/C32H43N7O5.C26H31ClN6O4.C6H13NO/c1-32(2,3)44-30(40)38-16-13-26-27(20-38)34-29(42-22-25-11-8-15-36(25)4)35-28(26)37-17-18-39(24(19-37)12-14-33)31(41)43-21-23-9-6-5-7-10-23;1-26(2,3)37-24(34)32-12-10-20-21(16-32)29-23(27)30-22(20)31-13-14-33(19(15-31)9-11-28)25(35)36-17-18-7-5-4-6-8-18;1-7-4-2-3-6(7)5-8/h5-7,9-10,24-25H,8,11-13,15-22H2,1-4H3;4-8,19H,9-10,12-17H2,1-3H3;6,8H,2-5H2,1H3/t24?,25-;;6-/m0.0/s1. The highest BCUT2D eigenvalue weighted by molar-refractivity contribution is 6.28. The summed E-state index contributed by atoms with van der Waals surface area (Å²) < 4.78 is 28.5. The normalized spacial score (nSPS) is 20.3. The number of piperazine rings is 2. The lowest BCUT2D eigenvalue weighted by Gasteiger charge is -2.41. The predicted octanol–water partition coefficient (Wildman–Crippen LogP) is 8.22. The van der Waals surface area contributed by atoms with Crippen molar-refractivity contribution in [2.24, 2.45) is 0 Å². The van der Waals surface area contributed by atoms with E-state index in [1.165, 1.54) is 12.8 Å². The molecule has 2 aromatic carbocycles. The molecule has 4 amide bonds. The van der Waals surface area contributed by atoms with Crippen LogP contribution in [0.3, 0.4) is 0 Å². The van der Waals surface area contributed by atoms with Gasteiger partial charge in [-0.25, -0.2) is 29.1 Å². The van der Waals surface area contributed by atoms with Crippen molar-refractivity contribution in [3.8, 4) is 18.1 Å². The molecule has 0 saturated carbocycles. The number of nitrogens with zero attached hydrogens (tertiary/aromatic N) is 14. The molecule has 24 nitrogen and oxygen atoms in total. The molecule has 4 atom stereocenters. The highest BCUT2D eigenvalue weighted by atomic mass is 35.5. The van der Waals surface area contributed by atoms with E-state index in [0.717, 1.165) is 59.7 Å². The van der Waals surface area contributed by atoms with Gasteiger partial charge in [0.1, 0.15) is 42.7 Å². The third kappa shape index (κ3) is 18.9. The van der Waals surface area contributed by atoms with Crippen molar-refractivity contribution in [3.05, 3.63) is 99.6 Å². The van der Waals surface area contributed by atoms with E-state index in [4.69, 9.17) is 50.4 Å². The Hall–Kier alpha value is -7.77. The summed E-state index contributed by atoms with van der Waals surface area (Å²) in [6.07, 6.45) is 4.37. The maximum atomic E-state index is 13.1. The van der Waals surface area contributed by atoms with Gasteiger partial charge in [-0.3, -0.25) is 0 Å². The maximum absolute atomic E-state index is 13.1. The van der Waals surface area contributed by atoms with Crippen molar-refractivity contribution in [2.75, 3.05) is 103 Å². The molecule has 6 aliphatic heterocycles. The number of benzene rings is 2. The van der Waals surface area contributed by atoms with E-state index in [-0.39, 0.29) is 68.6 Å². The van der Waals surface area contributed by atoms with Crippen molar-refractivity contribution in [1.82, 2.24) is 49.3 Å². The number of amides is 4. The van der Waals surface area contributed by atoms with Crippen LogP contribution in [0, 0.1) is 22.7 Å². The molecule has 4 aromatic rings.